The predicted octanol–water partition coefficient (Wildman–Crippen LogP) is 5.41. The number of ether oxygens (including phenoxy) is 1. The summed E-state index contributed by atoms with van der Waals surface area (Å²) in [5.41, 5.74) is 2.85. The summed E-state index contributed by atoms with van der Waals surface area (Å²) < 4.78 is 7.75. The lowest BCUT2D eigenvalue weighted by Crippen LogP contribution is -2.14. The van der Waals surface area contributed by atoms with Crippen LogP contribution in [-0.2, 0) is 4.79 Å². The first-order valence-corrected chi connectivity index (χ1v) is 10.8. The molecule has 0 bridgehead atoms. The molecule has 31 heavy (non-hydrogen) atoms. The molecule has 0 aliphatic carbocycles. The normalized spacial score (nSPS) is 10.6. The Balaban J connectivity index is 1.37. The van der Waals surface area contributed by atoms with Gasteiger partial charge in [-0.05, 0) is 61.9 Å². The van der Waals surface area contributed by atoms with Gasteiger partial charge in [-0.2, -0.15) is 0 Å². The van der Waals surface area contributed by atoms with Gasteiger partial charge < -0.3 is 10.1 Å². The first-order valence-electron chi connectivity index (χ1n) is 9.84. The standard InChI is InChI=1S/C24H22N4O2S/c1-17-8-6-7-11-22(17)28-18(2)26-27-24(28)31-16-23(29)25-19-12-14-21(15-13-19)30-20-9-4-3-5-10-20/h3-15H,16H2,1-2H3,(H,25,29). The van der Waals surface area contributed by atoms with Gasteiger partial charge in [0.1, 0.15) is 17.3 Å². The van der Waals surface area contributed by atoms with Crippen LogP contribution in [0.5, 0.6) is 11.5 Å². The lowest BCUT2D eigenvalue weighted by Gasteiger charge is -2.11. The number of hydrogen-bond acceptors (Lipinski definition) is 5. The van der Waals surface area contributed by atoms with E-state index in [1.54, 1.807) is 0 Å². The number of aryl methyl sites for hydroxylation is 2. The second kappa shape index (κ2) is 9.49. The molecule has 0 fully saturated rings. The number of carbonyl (C=O) groups is 1. The maximum absolute atomic E-state index is 12.5. The Morgan fingerprint density at radius 2 is 1.58 bits per heavy atom. The van der Waals surface area contributed by atoms with Crippen LogP contribution >= 0.6 is 11.8 Å². The zero-order chi connectivity index (χ0) is 21.6. The average Bonchev–Trinajstić information content (AvgIpc) is 3.15. The van der Waals surface area contributed by atoms with Crippen molar-refractivity contribution in [1.29, 1.82) is 0 Å². The number of benzene rings is 3. The van der Waals surface area contributed by atoms with E-state index in [1.807, 2.05) is 97.3 Å². The van der Waals surface area contributed by atoms with Gasteiger partial charge in [0.25, 0.3) is 0 Å². The monoisotopic (exact) mass is 430 g/mol. The fourth-order valence-electron chi connectivity index (χ4n) is 3.09. The molecule has 156 valence electrons. The largest absolute Gasteiger partial charge is 0.457 e. The summed E-state index contributed by atoms with van der Waals surface area (Å²) >= 11 is 1.36. The quantitative estimate of drug-likeness (QED) is 0.397. The molecule has 0 saturated heterocycles. The molecule has 0 radical (unpaired) electrons. The summed E-state index contributed by atoms with van der Waals surface area (Å²) in [7, 11) is 0. The third-order valence-electron chi connectivity index (χ3n) is 4.60. The second-order valence-electron chi connectivity index (χ2n) is 6.93. The summed E-state index contributed by atoms with van der Waals surface area (Å²) in [6.07, 6.45) is 0. The van der Waals surface area contributed by atoms with Gasteiger partial charge in [-0.1, -0.05) is 48.2 Å². The summed E-state index contributed by atoms with van der Waals surface area (Å²) in [6, 6.07) is 24.9. The fraction of sp³-hybridized carbons (Fsp3) is 0.125. The van der Waals surface area contributed by atoms with Crippen LogP contribution < -0.4 is 10.1 Å². The second-order valence-corrected chi connectivity index (χ2v) is 7.87. The minimum absolute atomic E-state index is 0.112. The molecule has 0 spiro atoms. The maximum Gasteiger partial charge on any atom is 0.234 e. The lowest BCUT2D eigenvalue weighted by molar-refractivity contribution is -0.113. The van der Waals surface area contributed by atoms with Crippen molar-refractivity contribution in [3.05, 3.63) is 90.3 Å². The highest BCUT2D eigenvalue weighted by Crippen LogP contribution is 2.25. The highest BCUT2D eigenvalue weighted by molar-refractivity contribution is 7.99. The number of thioether (sulfide) groups is 1. The van der Waals surface area contributed by atoms with Gasteiger partial charge in [0.05, 0.1) is 11.4 Å². The molecule has 1 N–H and O–H groups in total. The van der Waals surface area contributed by atoms with Crippen molar-refractivity contribution in [3.63, 3.8) is 0 Å². The molecule has 3 aromatic carbocycles. The number of hydrogen-bond donors (Lipinski definition) is 1. The molecular formula is C24H22N4O2S. The predicted molar refractivity (Wildman–Crippen MR) is 123 cm³/mol. The smallest absolute Gasteiger partial charge is 0.234 e. The topological polar surface area (TPSA) is 69.0 Å². The van der Waals surface area contributed by atoms with Crippen LogP contribution in [0.4, 0.5) is 5.69 Å². The van der Waals surface area contributed by atoms with E-state index in [1.165, 1.54) is 11.8 Å². The van der Waals surface area contributed by atoms with Crippen LogP contribution in [0.15, 0.2) is 84.0 Å². The SMILES string of the molecule is Cc1ccccc1-n1c(C)nnc1SCC(=O)Nc1ccc(Oc2ccccc2)cc1. The molecule has 6 nitrogen and oxygen atoms in total. The highest BCUT2D eigenvalue weighted by atomic mass is 32.2. The van der Waals surface area contributed by atoms with Crippen LogP contribution in [0.25, 0.3) is 5.69 Å². The molecule has 7 heteroatoms. The molecule has 4 rings (SSSR count). The van der Waals surface area contributed by atoms with E-state index in [9.17, 15) is 4.79 Å². The van der Waals surface area contributed by atoms with E-state index in [4.69, 9.17) is 4.74 Å². The van der Waals surface area contributed by atoms with Crippen molar-refractivity contribution in [2.24, 2.45) is 0 Å². The number of rotatable bonds is 7. The molecule has 0 unspecified atom stereocenters. The summed E-state index contributed by atoms with van der Waals surface area (Å²) in [5, 5.41) is 12.0. The third kappa shape index (κ3) is 5.13. The Morgan fingerprint density at radius 3 is 2.32 bits per heavy atom. The third-order valence-corrected chi connectivity index (χ3v) is 5.53. The molecule has 4 aromatic rings. The van der Waals surface area contributed by atoms with Crippen LogP contribution in [0, 0.1) is 13.8 Å². The lowest BCUT2D eigenvalue weighted by atomic mass is 10.2. The molecule has 1 amide bonds. The highest BCUT2D eigenvalue weighted by Gasteiger charge is 2.14. The summed E-state index contributed by atoms with van der Waals surface area (Å²) in [6.45, 7) is 3.95. The van der Waals surface area contributed by atoms with Crippen LogP contribution in [0.2, 0.25) is 0 Å². The number of carbonyl (C=O) groups excluding carboxylic acids is 1. The van der Waals surface area contributed by atoms with Gasteiger partial charge in [-0.15, -0.1) is 10.2 Å². The van der Waals surface area contributed by atoms with Gasteiger partial charge >= 0.3 is 0 Å². The zero-order valence-corrected chi connectivity index (χ0v) is 18.1. The van der Waals surface area contributed by atoms with E-state index >= 15 is 0 Å². The van der Waals surface area contributed by atoms with Crippen molar-refractivity contribution < 1.29 is 9.53 Å². The minimum atomic E-state index is -0.112. The summed E-state index contributed by atoms with van der Waals surface area (Å²) in [5.74, 6) is 2.38. The molecule has 1 heterocycles. The number of nitrogens with one attached hydrogen (secondary N) is 1. The Labute approximate surface area is 185 Å². The maximum atomic E-state index is 12.5. The van der Waals surface area contributed by atoms with Crippen LogP contribution in [0.1, 0.15) is 11.4 Å². The van der Waals surface area contributed by atoms with Crippen molar-refractivity contribution in [2.75, 3.05) is 11.1 Å². The van der Waals surface area contributed by atoms with Crippen molar-refractivity contribution in [3.8, 4) is 17.2 Å². The zero-order valence-electron chi connectivity index (χ0n) is 17.3. The molecule has 1 aromatic heterocycles. The Morgan fingerprint density at radius 1 is 0.903 bits per heavy atom. The van der Waals surface area contributed by atoms with E-state index in [0.29, 0.717) is 16.6 Å². The summed E-state index contributed by atoms with van der Waals surface area (Å²) in [4.78, 5) is 12.5. The molecular weight excluding hydrogens is 408 g/mol. The number of para-hydroxylation sites is 2. The fourth-order valence-corrected chi connectivity index (χ4v) is 3.88. The Kier molecular flexibility index (Phi) is 6.33. The molecule has 0 saturated carbocycles. The molecule has 0 aliphatic rings. The number of nitrogens with zero attached hydrogens (tertiary/aromatic N) is 3. The van der Waals surface area contributed by atoms with Gasteiger partial charge in [-0.25, -0.2) is 0 Å². The van der Waals surface area contributed by atoms with Crippen molar-refractivity contribution in [2.45, 2.75) is 19.0 Å². The van der Waals surface area contributed by atoms with Gasteiger partial charge in [0.15, 0.2) is 5.16 Å². The first kappa shape index (κ1) is 20.7. The first-order chi connectivity index (χ1) is 15.1. The van der Waals surface area contributed by atoms with E-state index in [-0.39, 0.29) is 11.7 Å². The van der Waals surface area contributed by atoms with Crippen LogP contribution in [0.3, 0.4) is 0 Å². The number of anilines is 1. The van der Waals surface area contributed by atoms with Crippen molar-refractivity contribution in [1.82, 2.24) is 14.8 Å². The van der Waals surface area contributed by atoms with Gasteiger partial charge in [0.2, 0.25) is 5.91 Å². The Hall–Kier alpha value is -3.58. The van der Waals surface area contributed by atoms with Crippen LogP contribution in [-0.4, -0.2) is 26.4 Å². The number of aromatic nitrogens is 3. The molecule has 0 atom stereocenters. The Bertz CT molecular complexity index is 1170. The average molecular weight is 431 g/mol. The van der Waals surface area contributed by atoms with Crippen molar-refractivity contribution >= 4 is 23.4 Å². The van der Waals surface area contributed by atoms with Gasteiger partial charge in [-0.3, -0.25) is 9.36 Å². The van der Waals surface area contributed by atoms with E-state index in [0.717, 1.165) is 22.8 Å². The molecule has 0 aliphatic heterocycles. The van der Waals surface area contributed by atoms with E-state index < -0.39 is 0 Å². The van der Waals surface area contributed by atoms with E-state index in [2.05, 4.69) is 15.5 Å². The van der Waals surface area contributed by atoms with Gasteiger partial charge in [0, 0.05) is 5.69 Å². The number of amides is 1. The minimum Gasteiger partial charge on any atom is -0.457 e.